The predicted octanol–water partition coefficient (Wildman–Crippen LogP) is 4.53. The van der Waals surface area contributed by atoms with Crippen molar-refractivity contribution in [3.8, 4) is 5.75 Å². The number of hydrogen-bond donors (Lipinski definition) is 0. The van der Waals surface area contributed by atoms with Crippen LogP contribution < -0.4 is 4.74 Å². The first-order chi connectivity index (χ1) is 8.69. The van der Waals surface area contributed by atoms with Crippen molar-refractivity contribution in [1.82, 2.24) is 0 Å². The molecule has 1 nitrogen and oxygen atoms in total. The Kier molecular flexibility index (Phi) is 4.27. The molecule has 0 saturated heterocycles. The number of halogens is 1. The lowest BCUT2D eigenvalue weighted by Gasteiger charge is -2.10. The minimum atomic E-state index is 0.0130. The molecule has 2 aromatic carbocycles. The highest BCUT2D eigenvalue weighted by atomic mass is 35.5. The molecule has 0 N–H and O–H groups in total. The molecule has 2 rings (SSSR count). The maximum absolute atomic E-state index is 6.44. The molecule has 0 aliphatic rings. The lowest BCUT2D eigenvalue weighted by molar-refractivity contribution is 0.414. The van der Waals surface area contributed by atoms with E-state index >= 15 is 0 Å². The zero-order chi connectivity index (χ0) is 13.0. The van der Waals surface area contributed by atoms with Gasteiger partial charge in [0, 0.05) is 0 Å². The minimum absolute atomic E-state index is 0.0130. The Labute approximate surface area is 113 Å². The van der Waals surface area contributed by atoms with Crippen LogP contribution in [0.3, 0.4) is 0 Å². The van der Waals surface area contributed by atoms with Gasteiger partial charge in [0.15, 0.2) is 0 Å². The molecule has 0 saturated carbocycles. The molecule has 0 aliphatic heterocycles. The third-order valence-corrected chi connectivity index (χ3v) is 3.42. The SMILES string of the molecule is COc1ccc(CC(Cl)c2ccc(C)cc2)cc1. The first-order valence-corrected chi connectivity index (χ1v) is 6.46. The van der Waals surface area contributed by atoms with Gasteiger partial charge in [-0.2, -0.15) is 0 Å². The fraction of sp³-hybridized carbons (Fsp3) is 0.250. The molecule has 1 unspecified atom stereocenters. The molecule has 94 valence electrons. The van der Waals surface area contributed by atoms with E-state index in [1.165, 1.54) is 11.1 Å². The molecule has 0 aliphatic carbocycles. The van der Waals surface area contributed by atoms with Gasteiger partial charge in [-0.25, -0.2) is 0 Å². The average molecular weight is 261 g/mol. The van der Waals surface area contributed by atoms with E-state index in [2.05, 4.69) is 43.3 Å². The number of alkyl halides is 1. The second-order valence-electron chi connectivity index (χ2n) is 4.43. The van der Waals surface area contributed by atoms with Crippen LogP contribution in [-0.4, -0.2) is 7.11 Å². The molecule has 0 bridgehead atoms. The summed E-state index contributed by atoms with van der Waals surface area (Å²) < 4.78 is 5.14. The fourth-order valence-corrected chi connectivity index (χ4v) is 2.19. The zero-order valence-electron chi connectivity index (χ0n) is 10.7. The van der Waals surface area contributed by atoms with Gasteiger partial charge in [0.2, 0.25) is 0 Å². The van der Waals surface area contributed by atoms with Crippen LogP contribution >= 0.6 is 11.6 Å². The molecule has 1 atom stereocenters. The lowest BCUT2D eigenvalue weighted by Crippen LogP contribution is -1.96. The molecular formula is C16H17ClO. The third-order valence-electron chi connectivity index (χ3n) is 3.01. The monoisotopic (exact) mass is 260 g/mol. The maximum Gasteiger partial charge on any atom is 0.118 e. The Bertz CT molecular complexity index is 488. The van der Waals surface area contributed by atoms with Gasteiger partial charge in [0.1, 0.15) is 5.75 Å². The summed E-state index contributed by atoms with van der Waals surface area (Å²) in [5.41, 5.74) is 3.64. The minimum Gasteiger partial charge on any atom is -0.497 e. The molecule has 0 heterocycles. The largest absolute Gasteiger partial charge is 0.497 e. The van der Waals surface area contributed by atoms with Gasteiger partial charge in [-0.05, 0) is 36.6 Å². The van der Waals surface area contributed by atoms with Crippen LogP contribution in [-0.2, 0) is 6.42 Å². The van der Waals surface area contributed by atoms with Gasteiger partial charge in [0.05, 0.1) is 12.5 Å². The number of aryl methyl sites for hydroxylation is 1. The van der Waals surface area contributed by atoms with Crippen molar-refractivity contribution >= 4 is 11.6 Å². The Morgan fingerprint density at radius 1 is 1.00 bits per heavy atom. The highest BCUT2D eigenvalue weighted by Crippen LogP contribution is 2.26. The van der Waals surface area contributed by atoms with Gasteiger partial charge in [-0.3, -0.25) is 0 Å². The fourth-order valence-electron chi connectivity index (χ4n) is 1.86. The number of ether oxygens (including phenoxy) is 1. The summed E-state index contributed by atoms with van der Waals surface area (Å²) in [5.74, 6) is 0.875. The Balaban J connectivity index is 2.05. The number of hydrogen-bond acceptors (Lipinski definition) is 1. The van der Waals surface area contributed by atoms with Crippen molar-refractivity contribution in [3.05, 3.63) is 65.2 Å². The Hall–Kier alpha value is -1.47. The van der Waals surface area contributed by atoms with Gasteiger partial charge >= 0.3 is 0 Å². The van der Waals surface area contributed by atoms with E-state index in [9.17, 15) is 0 Å². The normalized spacial score (nSPS) is 12.2. The van der Waals surface area contributed by atoms with Crippen LogP contribution in [0, 0.1) is 6.92 Å². The van der Waals surface area contributed by atoms with Crippen LogP contribution in [0.5, 0.6) is 5.75 Å². The summed E-state index contributed by atoms with van der Waals surface area (Å²) in [6.07, 6.45) is 0.828. The lowest BCUT2D eigenvalue weighted by atomic mass is 10.0. The summed E-state index contributed by atoms with van der Waals surface area (Å²) >= 11 is 6.44. The Morgan fingerprint density at radius 3 is 2.17 bits per heavy atom. The standard InChI is InChI=1S/C16H17ClO/c1-12-3-7-14(8-4-12)16(17)11-13-5-9-15(18-2)10-6-13/h3-10,16H,11H2,1-2H3. The number of methoxy groups -OCH3 is 1. The predicted molar refractivity (Wildman–Crippen MR) is 76.5 cm³/mol. The molecular weight excluding hydrogens is 244 g/mol. The molecule has 2 aromatic rings. The highest BCUT2D eigenvalue weighted by molar-refractivity contribution is 6.20. The van der Waals surface area contributed by atoms with E-state index in [4.69, 9.17) is 16.3 Å². The molecule has 0 fully saturated rings. The van der Waals surface area contributed by atoms with Crippen molar-refractivity contribution in [2.75, 3.05) is 7.11 Å². The zero-order valence-corrected chi connectivity index (χ0v) is 11.4. The second kappa shape index (κ2) is 5.92. The van der Waals surface area contributed by atoms with E-state index < -0.39 is 0 Å². The van der Waals surface area contributed by atoms with Crippen LogP contribution in [0.2, 0.25) is 0 Å². The van der Waals surface area contributed by atoms with E-state index in [0.29, 0.717) is 0 Å². The first-order valence-electron chi connectivity index (χ1n) is 6.02. The van der Waals surface area contributed by atoms with E-state index in [-0.39, 0.29) is 5.38 Å². The highest BCUT2D eigenvalue weighted by Gasteiger charge is 2.08. The molecule has 2 heteroatoms. The maximum atomic E-state index is 6.44. The summed E-state index contributed by atoms with van der Waals surface area (Å²) in [7, 11) is 1.67. The molecule has 0 spiro atoms. The van der Waals surface area contributed by atoms with Crippen LogP contribution in [0.25, 0.3) is 0 Å². The number of benzene rings is 2. The van der Waals surface area contributed by atoms with Gasteiger partial charge < -0.3 is 4.74 Å². The topological polar surface area (TPSA) is 9.23 Å². The van der Waals surface area contributed by atoms with Crippen molar-refractivity contribution in [2.45, 2.75) is 18.7 Å². The summed E-state index contributed by atoms with van der Waals surface area (Å²) in [6, 6.07) is 16.4. The number of rotatable bonds is 4. The smallest absolute Gasteiger partial charge is 0.118 e. The third kappa shape index (κ3) is 3.27. The first kappa shape index (κ1) is 13.0. The second-order valence-corrected chi connectivity index (χ2v) is 4.96. The quantitative estimate of drug-likeness (QED) is 0.734. The van der Waals surface area contributed by atoms with E-state index in [1.54, 1.807) is 7.11 Å². The summed E-state index contributed by atoms with van der Waals surface area (Å²) in [5, 5.41) is 0.0130. The van der Waals surface area contributed by atoms with Crippen molar-refractivity contribution in [3.63, 3.8) is 0 Å². The van der Waals surface area contributed by atoms with Crippen LogP contribution in [0.15, 0.2) is 48.5 Å². The molecule has 18 heavy (non-hydrogen) atoms. The van der Waals surface area contributed by atoms with Crippen molar-refractivity contribution in [1.29, 1.82) is 0 Å². The van der Waals surface area contributed by atoms with Crippen molar-refractivity contribution < 1.29 is 4.74 Å². The van der Waals surface area contributed by atoms with E-state index in [0.717, 1.165) is 17.7 Å². The van der Waals surface area contributed by atoms with Gasteiger partial charge in [-0.1, -0.05) is 42.0 Å². The van der Waals surface area contributed by atoms with Crippen LogP contribution in [0.4, 0.5) is 0 Å². The van der Waals surface area contributed by atoms with Crippen LogP contribution in [0.1, 0.15) is 22.1 Å². The van der Waals surface area contributed by atoms with Gasteiger partial charge in [0.25, 0.3) is 0 Å². The van der Waals surface area contributed by atoms with E-state index in [1.807, 2.05) is 12.1 Å². The Morgan fingerprint density at radius 2 is 1.61 bits per heavy atom. The molecule has 0 radical (unpaired) electrons. The van der Waals surface area contributed by atoms with Gasteiger partial charge in [-0.15, -0.1) is 11.6 Å². The summed E-state index contributed by atoms with van der Waals surface area (Å²) in [6.45, 7) is 2.08. The molecule has 0 amide bonds. The molecule has 0 aromatic heterocycles. The average Bonchev–Trinajstić information content (AvgIpc) is 2.40. The summed E-state index contributed by atoms with van der Waals surface area (Å²) in [4.78, 5) is 0. The van der Waals surface area contributed by atoms with Crippen molar-refractivity contribution in [2.24, 2.45) is 0 Å².